The molecule has 0 saturated heterocycles. The number of rotatable bonds is 3. The van der Waals surface area contributed by atoms with Crippen LogP contribution in [0.25, 0.3) is 0 Å². The maximum absolute atomic E-state index is 8.69. The second-order valence-electron chi connectivity index (χ2n) is 4.48. The predicted octanol–water partition coefficient (Wildman–Crippen LogP) is 4.22. The van der Waals surface area contributed by atoms with Crippen molar-refractivity contribution in [3.8, 4) is 17.6 Å². The summed E-state index contributed by atoms with van der Waals surface area (Å²) in [5, 5.41) is 9.73. The predicted molar refractivity (Wildman–Crippen MR) is 85.9 cm³/mol. The van der Waals surface area contributed by atoms with Crippen LogP contribution < -0.4 is 4.74 Å². The summed E-state index contributed by atoms with van der Waals surface area (Å²) in [7, 11) is 0. The molecule has 0 bridgehead atoms. The molecule has 2 rings (SSSR count). The summed E-state index contributed by atoms with van der Waals surface area (Å²) in [6.07, 6.45) is 0. The summed E-state index contributed by atoms with van der Waals surface area (Å²) in [4.78, 5) is 0. The minimum atomic E-state index is -0.144. The molecular formula is C17H14Cl2O2. The third-order valence-electron chi connectivity index (χ3n) is 2.87. The smallest absolute Gasteiger partial charge is 0.122 e. The van der Waals surface area contributed by atoms with Gasteiger partial charge in [-0.2, -0.15) is 0 Å². The molecule has 2 nitrogen and oxygen atoms in total. The van der Waals surface area contributed by atoms with E-state index >= 15 is 0 Å². The lowest BCUT2D eigenvalue weighted by atomic mass is 10.1. The normalized spacial score (nSPS) is 9.90. The van der Waals surface area contributed by atoms with Gasteiger partial charge in [0.15, 0.2) is 0 Å². The number of halogens is 2. The zero-order valence-corrected chi connectivity index (χ0v) is 13.0. The Kier molecular flexibility index (Phi) is 5.52. The van der Waals surface area contributed by atoms with Gasteiger partial charge in [-0.1, -0.05) is 41.1 Å². The summed E-state index contributed by atoms with van der Waals surface area (Å²) in [5.41, 5.74) is 2.79. The first-order valence-electron chi connectivity index (χ1n) is 6.37. The fraction of sp³-hybridized carbons (Fsp3) is 0.176. The van der Waals surface area contributed by atoms with E-state index in [-0.39, 0.29) is 6.61 Å². The first-order chi connectivity index (χ1) is 10.1. The lowest BCUT2D eigenvalue weighted by Crippen LogP contribution is -1.97. The third kappa shape index (κ3) is 4.41. The van der Waals surface area contributed by atoms with Crippen molar-refractivity contribution < 1.29 is 9.84 Å². The molecule has 108 valence electrons. The zero-order chi connectivity index (χ0) is 15.2. The van der Waals surface area contributed by atoms with Crippen LogP contribution in [0.15, 0.2) is 36.4 Å². The van der Waals surface area contributed by atoms with Crippen molar-refractivity contribution in [2.45, 2.75) is 13.5 Å². The second-order valence-corrected chi connectivity index (χ2v) is 5.29. The molecule has 21 heavy (non-hydrogen) atoms. The number of ether oxygens (including phenoxy) is 1. The van der Waals surface area contributed by atoms with E-state index in [9.17, 15) is 0 Å². The highest BCUT2D eigenvalue weighted by Crippen LogP contribution is 2.24. The monoisotopic (exact) mass is 320 g/mol. The molecule has 0 spiro atoms. The largest absolute Gasteiger partial charge is 0.489 e. The van der Waals surface area contributed by atoms with Crippen LogP contribution in [0.5, 0.6) is 5.75 Å². The molecule has 0 unspecified atom stereocenters. The first kappa shape index (κ1) is 15.7. The molecule has 0 aliphatic carbocycles. The molecule has 0 aliphatic heterocycles. The molecule has 0 atom stereocenters. The van der Waals surface area contributed by atoms with Gasteiger partial charge >= 0.3 is 0 Å². The van der Waals surface area contributed by atoms with Crippen LogP contribution in [0.4, 0.5) is 0 Å². The van der Waals surface area contributed by atoms with Gasteiger partial charge in [0.2, 0.25) is 0 Å². The zero-order valence-electron chi connectivity index (χ0n) is 11.5. The number of hydrogen-bond acceptors (Lipinski definition) is 2. The molecule has 0 fully saturated rings. The van der Waals surface area contributed by atoms with Crippen LogP contribution >= 0.6 is 23.2 Å². The van der Waals surface area contributed by atoms with Crippen LogP contribution in [-0.4, -0.2) is 11.7 Å². The SMILES string of the molecule is Cc1cc(C#CCO)ccc1OCc1ccc(Cl)c(Cl)c1. The summed E-state index contributed by atoms with van der Waals surface area (Å²) >= 11 is 11.9. The van der Waals surface area contributed by atoms with Crippen molar-refractivity contribution in [1.82, 2.24) is 0 Å². The fourth-order valence-corrected chi connectivity index (χ4v) is 2.14. The van der Waals surface area contributed by atoms with Gasteiger partial charge in [-0.25, -0.2) is 0 Å². The van der Waals surface area contributed by atoms with Crippen LogP contribution in [0.1, 0.15) is 16.7 Å². The molecule has 2 aromatic rings. The first-order valence-corrected chi connectivity index (χ1v) is 7.13. The molecule has 0 aliphatic rings. The maximum Gasteiger partial charge on any atom is 0.122 e. The highest BCUT2D eigenvalue weighted by Gasteiger charge is 2.03. The highest BCUT2D eigenvalue weighted by atomic mass is 35.5. The summed E-state index contributed by atoms with van der Waals surface area (Å²) in [5.74, 6) is 6.27. The van der Waals surface area contributed by atoms with Gasteiger partial charge < -0.3 is 9.84 Å². The van der Waals surface area contributed by atoms with Crippen molar-refractivity contribution >= 4 is 23.2 Å². The molecule has 0 amide bonds. The van der Waals surface area contributed by atoms with Crippen LogP contribution in [0.3, 0.4) is 0 Å². The van der Waals surface area contributed by atoms with Gasteiger partial charge in [0, 0.05) is 5.56 Å². The Balaban J connectivity index is 2.07. The van der Waals surface area contributed by atoms with E-state index in [0.29, 0.717) is 16.7 Å². The van der Waals surface area contributed by atoms with E-state index in [2.05, 4.69) is 11.8 Å². The Morgan fingerprint density at radius 3 is 2.57 bits per heavy atom. The third-order valence-corrected chi connectivity index (χ3v) is 3.60. The Hall–Kier alpha value is -1.66. The van der Waals surface area contributed by atoms with Crippen molar-refractivity contribution in [3.63, 3.8) is 0 Å². The quantitative estimate of drug-likeness (QED) is 0.858. The number of aliphatic hydroxyl groups is 1. The molecule has 4 heteroatoms. The molecule has 0 aromatic heterocycles. The molecule has 0 heterocycles. The second kappa shape index (κ2) is 7.38. The van der Waals surface area contributed by atoms with Crippen molar-refractivity contribution in [3.05, 3.63) is 63.1 Å². The molecule has 1 N–H and O–H groups in total. The van der Waals surface area contributed by atoms with Gasteiger partial charge in [-0.3, -0.25) is 0 Å². The van der Waals surface area contributed by atoms with E-state index in [1.165, 1.54) is 0 Å². The average Bonchev–Trinajstić information content (AvgIpc) is 2.47. The average molecular weight is 321 g/mol. The Labute approximate surface area is 134 Å². The van der Waals surface area contributed by atoms with Crippen LogP contribution in [0, 0.1) is 18.8 Å². The van der Waals surface area contributed by atoms with Crippen molar-refractivity contribution in [2.75, 3.05) is 6.61 Å². The van der Waals surface area contributed by atoms with E-state index in [0.717, 1.165) is 22.4 Å². The lowest BCUT2D eigenvalue weighted by Gasteiger charge is -2.10. The number of hydrogen-bond donors (Lipinski definition) is 1. The number of aliphatic hydroxyl groups excluding tert-OH is 1. The van der Waals surface area contributed by atoms with Crippen LogP contribution in [-0.2, 0) is 6.61 Å². The van der Waals surface area contributed by atoms with Gasteiger partial charge in [-0.15, -0.1) is 0 Å². The lowest BCUT2D eigenvalue weighted by molar-refractivity contribution is 0.304. The topological polar surface area (TPSA) is 29.5 Å². The Bertz CT molecular complexity index is 700. The van der Waals surface area contributed by atoms with Gasteiger partial charge in [0.05, 0.1) is 10.0 Å². The van der Waals surface area contributed by atoms with E-state index < -0.39 is 0 Å². The molecule has 2 aromatic carbocycles. The maximum atomic E-state index is 8.69. The number of aryl methyl sites for hydroxylation is 1. The summed E-state index contributed by atoms with van der Waals surface area (Å²) in [6.45, 7) is 2.22. The van der Waals surface area contributed by atoms with Crippen molar-refractivity contribution in [2.24, 2.45) is 0 Å². The number of benzene rings is 2. The van der Waals surface area contributed by atoms with Gasteiger partial charge in [0.25, 0.3) is 0 Å². The summed E-state index contributed by atoms with van der Waals surface area (Å²) in [6, 6.07) is 11.1. The van der Waals surface area contributed by atoms with E-state index in [4.69, 9.17) is 33.0 Å². The van der Waals surface area contributed by atoms with Gasteiger partial charge in [0.1, 0.15) is 19.0 Å². The summed E-state index contributed by atoms with van der Waals surface area (Å²) < 4.78 is 5.78. The van der Waals surface area contributed by atoms with E-state index in [1.807, 2.05) is 31.2 Å². The molecular weight excluding hydrogens is 307 g/mol. The van der Waals surface area contributed by atoms with E-state index in [1.54, 1.807) is 12.1 Å². The van der Waals surface area contributed by atoms with Crippen LogP contribution in [0.2, 0.25) is 10.0 Å². The van der Waals surface area contributed by atoms with Crippen molar-refractivity contribution in [1.29, 1.82) is 0 Å². The van der Waals surface area contributed by atoms with Gasteiger partial charge in [-0.05, 0) is 48.4 Å². The Morgan fingerprint density at radius 1 is 1.10 bits per heavy atom. The minimum Gasteiger partial charge on any atom is -0.489 e. The standard InChI is InChI=1S/C17H14Cl2O2/c1-12-9-13(3-2-8-20)5-7-17(12)21-11-14-4-6-15(18)16(19)10-14/h4-7,9-10,20H,8,11H2,1H3. The molecule has 0 saturated carbocycles. The Morgan fingerprint density at radius 2 is 1.90 bits per heavy atom. The fourth-order valence-electron chi connectivity index (χ4n) is 1.82. The molecule has 0 radical (unpaired) electrons. The highest BCUT2D eigenvalue weighted by molar-refractivity contribution is 6.42. The minimum absolute atomic E-state index is 0.144.